The second-order valence-electron chi connectivity index (χ2n) is 9.32. The fraction of sp³-hybridized carbons (Fsp3) is 0.600. The van der Waals surface area contributed by atoms with Crippen molar-refractivity contribution in [2.75, 3.05) is 51.3 Å². The summed E-state index contributed by atoms with van der Waals surface area (Å²) in [6.45, 7) is 13.1. The van der Waals surface area contributed by atoms with Crippen molar-refractivity contribution in [2.24, 2.45) is 0 Å². The van der Waals surface area contributed by atoms with Gasteiger partial charge in [0.2, 0.25) is 0 Å². The molecule has 0 spiro atoms. The Bertz CT molecular complexity index is 1000. The predicted molar refractivity (Wildman–Crippen MR) is 136 cm³/mol. The van der Waals surface area contributed by atoms with Crippen LogP contribution in [0.2, 0.25) is 5.02 Å². The van der Waals surface area contributed by atoms with Crippen LogP contribution in [0.4, 0.5) is 10.5 Å². The fourth-order valence-electron chi connectivity index (χ4n) is 4.63. The first-order valence-corrected chi connectivity index (χ1v) is 12.7. The Morgan fingerprint density at radius 1 is 1.35 bits per heavy atom. The van der Waals surface area contributed by atoms with Crippen molar-refractivity contribution >= 4 is 34.6 Å². The lowest BCUT2D eigenvalue weighted by molar-refractivity contribution is -0.0430. The lowest BCUT2D eigenvalue weighted by atomic mass is 10.0. The number of unbranched alkanes of at least 4 members (excludes halogenated alkanes) is 1. The monoisotopic (exact) mass is 489 g/mol. The molecule has 0 radical (unpaired) electrons. The summed E-state index contributed by atoms with van der Waals surface area (Å²) in [6.07, 6.45) is 7.48. The van der Waals surface area contributed by atoms with Gasteiger partial charge < -0.3 is 24.6 Å². The van der Waals surface area contributed by atoms with Crippen LogP contribution in [0.1, 0.15) is 45.2 Å². The van der Waals surface area contributed by atoms with Crippen molar-refractivity contribution in [3.05, 3.63) is 35.8 Å². The molecule has 186 valence electrons. The molecule has 2 fully saturated rings. The van der Waals surface area contributed by atoms with Crippen LogP contribution in [0.5, 0.6) is 0 Å². The first kappa shape index (κ1) is 24.8. The Morgan fingerprint density at radius 2 is 2.15 bits per heavy atom. The molecule has 8 nitrogen and oxygen atoms in total. The van der Waals surface area contributed by atoms with E-state index in [9.17, 15) is 4.79 Å². The number of ether oxygens (including phenoxy) is 2. The number of nitrogens with zero attached hydrogens (tertiary/aromatic N) is 4. The van der Waals surface area contributed by atoms with Gasteiger partial charge in [0.05, 0.1) is 48.5 Å². The summed E-state index contributed by atoms with van der Waals surface area (Å²) in [4.78, 5) is 21.1. The smallest absolute Gasteiger partial charge is 0.409 e. The zero-order chi connectivity index (χ0) is 24.1. The van der Waals surface area contributed by atoms with Crippen molar-refractivity contribution in [1.82, 2.24) is 19.2 Å². The molecule has 2 aromatic heterocycles. The van der Waals surface area contributed by atoms with Gasteiger partial charge in [0.25, 0.3) is 0 Å². The maximum absolute atomic E-state index is 12.3. The van der Waals surface area contributed by atoms with Crippen molar-refractivity contribution in [3.8, 4) is 0 Å². The van der Waals surface area contributed by atoms with Gasteiger partial charge in [-0.05, 0) is 37.8 Å². The Balaban J connectivity index is 1.28. The fourth-order valence-corrected chi connectivity index (χ4v) is 4.84. The molecule has 0 aromatic carbocycles. The number of halogens is 1. The maximum Gasteiger partial charge on any atom is 0.409 e. The molecule has 9 heteroatoms. The summed E-state index contributed by atoms with van der Waals surface area (Å²) in [7, 11) is 0. The minimum absolute atomic E-state index is 0.0232. The third-order valence-electron chi connectivity index (χ3n) is 6.54. The predicted octanol–water partition coefficient (Wildman–Crippen LogP) is 4.53. The molecule has 2 saturated heterocycles. The van der Waals surface area contributed by atoms with Gasteiger partial charge in [0.1, 0.15) is 0 Å². The van der Waals surface area contributed by atoms with Crippen molar-refractivity contribution < 1.29 is 14.3 Å². The molecule has 2 aliphatic rings. The number of carbonyl (C=O) groups excluding carboxylic acids is 1. The average Bonchev–Trinajstić information content (AvgIpc) is 3.25. The molecule has 0 unspecified atom stereocenters. The molecule has 1 N–H and O–H groups in total. The number of hydrogen-bond acceptors (Lipinski definition) is 6. The summed E-state index contributed by atoms with van der Waals surface area (Å²) in [6, 6.07) is 2.29. The summed E-state index contributed by atoms with van der Waals surface area (Å²) in [5, 5.41) is 4.33. The van der Waals surface area contributed by atoms with Crippen LogP contribution >= 0.6 is 11.6 Å². The summed E-state index contributed by atoms with van der Waals surface area (Å²) < 4.78 is 13.3. The second-order valence-corrected chi connectivity index (χ2v) is 9.75. The van der Waals surface area contributed by atoms with E-state index in [0.717, 1.165) is 67.9 Å². The van der Waals surface area contributed by atoms with Crippen molar-refractivity contribution in [2.45, 2.75) is 51.7 Å². The first-order chi connectivity index (χ1) is 16.4. The van der Waals surface area contributed by atoms with Crippen LogP contribution < -0.4 is 5.32 Å². The number of amides is 1. The highest BCUT2D eigenvalue weighted by Crippen LogP contribution is 2.27. The largest absolute Gasteiger partial charge is 0.449 e. The van der Waals surface area contributed by atoms with Crippen LogP contribution in [0.15, 0.2) is 25.0 Å². The van der Waals surface area contributed by atoms with Crippen LogP contribution in [-0.2, 0) is 9.47 Å². The molecule has 4 heterocycles. The number of rotatable bonds is 8. The first-order valence-electron chi connectivity index (χ1n) is 12.3. The number of hydrogen-bond donors (Lipinski definition) is 1. The molecular formula is C25H36ClN5O3. The van der Waals surface area contributed by atoms with Gasteiger partial charge in [-0.15, -0.1) is 0 Å². The molecule has 1 atom stereocenters. The lowest BCUT2D eigenvalue weighted by Gasteiger charge is -2.38. The van der Waals surface area contributed by atoms with Gasteiger partial charge in [-0.3, -0.25) is 4.40 Å². The molecule has 2 aliphatic heterocycles. The topological polar surface area (TPSA) is 71.3 Å². The molecule has 0 bridgehead atoms. The van der Waals surface area contributed by atoms with E-state index in [1.165, 1.54) is 0 Å². The molecule has 34 heavy (non-hydrogen) atoms. The standard InChI is InChI=1S/C25H36ClN5O3/c1-4-5-11-34-25(32)30-10-12-33-21(17-30)16-29-8-6-20(7-9-29)28-22-13-19(26)15-31-23(18(2)3)14-27-24(22)31/h13-15,20-21,28H,2,4-12,16-17H2,1,3H3/t21-/m1/s1. The van der Waals surface area contributed by atoms with Crippen LogP contribution in [0.25, 0.3) is 11.2 Å². The van der Waals surface area contributed by atoms with E-state index in [1.54, 1.807) is 4.90 Å². The number of likely N-dealkylation sites (tertiary alicyclic amines) is 1. The van der Waals surface area contributed by atoms with Crippen LogP contribution in [-0.4, -0.2) is 83.4 Å². The Morgan fingerprint density at radius 3 is 2.88 bits per heavy atom. The maximum atomic E-state index is 12.3. The van der Waals surface area contributed by atoms with Crippen LogP contribution in [0, 0.1) is 0 Å². The third-order valence-corrected chi connectivity index (χ3v) is 6.75. The highest BCUT2D eigenvalue weighted by molar-refractivity contribution is 6.30. The van der Waals surface area contributed by atoms with E-state index in [2.05, 4.69) is 28.7 Å². The number of allylic oxidation sites excluding steroid dienone is 1. The number of carbonyl (C=O) groups is 1. The SMILES string of the molecule is C=C(C)c1cnc2c(NC3CCN(C[C@@H]4CN(C(=O)OCCCC)CCO4)CC3)cc(Cl)cn12. The van der Waals surface area contributed by atoms with E-state index in [1.807, 2.05) is 29.8 Å². The number of pyridine rings is 1. The minimum Gasteiger partial charge on any atom is -0.449 e. The molecule has 4 rings (SSSR count). The zero-order valence-corrected chi connectivity index (χ0v) is 21.0. The molecule has 0 saturated carbocycles. The third kappa shape index (κ3) is 6.03. The van der Waals surface area contributed by atoms with Gasteiger partial charge >= 0.3 is 6.09 Å². The number of imidazole rings is 1. The Labute approximate surface area is 206 Å². The molecule has 0 aliphatic carbocycles. The summed E-state index contributed by atoms with van der Waals surface area (Å²) in [5.74, 6) is 0. The highest BCUT2D eigenvalue weighted by Gasteiger charge is 2.28. The number of nitrogens with one attached hydrogen (secondary N) is 1. The number of fused-ring (bicyclic) bond motifs is 1. The molecular weight excluding hydrogens is 454 g/mol. The normalized spacial score (nSPS) is 20.0. The molecule has 2 aromatic rings. The van der Waals surface area contributed by atoms with Crippen LogP contribution in [0.3, 0.4) is 0 Å². The van der Waals surface area contributed by atoms with E-state index in [-0.39, 0.29) is 12.2 Å². The molecule has 1 amide bonds. The van der Waals surface area contributed by atoms with E-state index < -0.39 is 0 Å². The summed E-state index contributed by atoms with van der Waals surface area (Å²) in [5.41, 5.74) is 3.73. The Hall–Kier alpha value is -2.29. The summed E-state index contributed by atoms with van der Waals surface area (Å²) >= 11 is 6.40. The number of morpholine rings is 1. The van der Waals surface area contributed by atoms with Gasteiger partial charge in [-0.25, -0.2) is 9.78 Å². The van der Waals surface area contributed by atoms with Gasteiger partial charge in [0.15, 0.2) is 5.65 Å². The number of piperidine rings is 1. The second kappa shape index (κ2) is 11.4. The number of aromatic nitrogens is 2. The zero-order valence-electron chi connectivity index (χ0n) is 20.3. The van der Waals surface area contributed by atoms with Gasteiger partial charge in [-0.2, -0.15) is 0 Å². The van der Waals surface area contributed by atoms with Crippen molar-refractivity contribution in [1.29, 1.82) is 0 Å². The van der Waals surface area contributed by atoms with Gasteiger partial charge in [0, 0.05) is 38.4 Å². The highest BCUT2D eigenvalue weighted by atomic mass is 35.5. The Kier molecular flexibility index (Phi) is 8.34. The van der Waals surface area contributed by atoms with Gasteiger partial charge in [-0.1, -0.05) is 31.5 Å². The van der Waals surface area contributed by atoms with E-state index in [4.69, 9.17) is 21.1 Å². The van der Waals surface area contributed by atoms with Crippen molar-refractivity contribution in [3.63, 3.8) is 0 Å². The number of anilines is 1. The average molecular weight is 490 g/mol. The quantitative estimate of drug-likeness (QED) is 0.549. The van der Waals surface area contributed by atoms with E-state index >= 15 is 0 Å². The van der Waals surface area contributed by atoms with E-state index in [0.29, 0.717) is 37.4 Å². The minimum atomic E-state index is -0.216. The lowest BCUT2D eigenvalue weighted by Crippen LogP contribution is -2.51.